The molecule has 6 nitrogen and oxygen atoms in total. The van der Waals surface area contributed by atoms with Crippen LogP contribution in [-0.2, 0) is 6.54 Å². The number of rotatable bonds is 4. The molecule has 2 aliphatic heterocycles. The summed E-state index contributed by atoms with van der Waals surface area (Å²) < 4.78 is 5.94. The van der Waals surface area contributed by atoms with Crippen LogP contribution in [0.25, 0.3) is 11.0 Å². The average Bonchev–Trinajstić information content (AvgIpc) is 3.46. The minimum absolute atomic E-state index is 0.0180. The summed E-state index contributed by atoms with van der Waals surface area (Å²) >= 11 is 0. The SMILES string of the molecule is O=C(c1ccc(CN2CCCCC2)o1)N1CCCC1c1nc2ccccc2[nH]1. The lowest BCUT2D eigenvalue weighted by molar-refractivity contribution is 0.0693. The van der Waals surface area contributed by atoms with E-state index in [-0.39, 0.29) is 11.9 Å². The van der Waals surface area contributed by atoms with Crippen LogP contribution in [0.2, 0.25) is 0 Å². The van der Waals surface area contributed by atoms with E-state index in [1.807, 2.05) is 41.3 Å². The maximum Gasteiger partial charge on any atom is 0.290 e. The third kappa shape index (κ3) is 3.33. The highest BCUT2D eigenvalue weighted by Gasteiger charge is 2.34. The number of imidazole rings is 1. The van der Waals surface area contributed by atoms with Crippen LogP contribution in [0, 0.1) is 0 Å². The third-order valence-corrected chi connectivity index (χ3v) is 5.94. The molecule has 0 spiro atoms. The Morgan fingerprint density at radius 1 is 1.07 bits per heavy atom. The van der Waals surface area contributed by atoms with Gasteiger partial charge in [-0.3, -0.25) is 9.69 Å². The van der Waals surface area contributed by atoms with Gasteiger partial charge in [-0.15, -0.1) is 0 Å². The standard InChI is InChI=1S/C22H26N4O2/c27-22(20-11-10-16(28-20)15-25-12-4-1-5-13-25)26-14-6-9-19(26)21-23-17-7-2-3-8-18(17)24-21/h2-3,7-8,10-11,19H,1,4-6,9,12-15H2,(H,23,24). The van der Waals surface area contributed by atoms with E-state index in [0.29, 0.717) is 5.76 Å². The van der Waals surface area contributed by atoms with Gasteiger partial charge in [0.25, 0.3) is 5.91 Å². The van der Waals surface area contributed by atoms with Crippen LogP contribution in [0.5, 0.6) is 0 Å². The van der Waals surface area contributed by atoms with Gasteiger partial charge >= 0.3 is 0 Å². The van der Waals surface area contributed by atoms with Crippen molar-refractivity contribution in [1.82, 2.24) is 19.8 Å². The van der Waals surface area contributed by atoms with E-state index in [1.54, 1.807) is 0 Å². The Labute approximate surface area is 164 Å². The van der Waals surface area contributed by atoms with Crippen LogP contribution < -0.4 is 0 Å². The Kier molecular flexibility index (Phi) is 4.64. The quantitative estimate of drug-likeness (QED) is 0.742. The molecule has 6 heteroatoms. The van der Waals surface area contributed by atoms with E-state index in [1.165, 1.54) is 19.3 Å². The number of carbonyl (C=O) groups is 1. The lowest BCUT2D eigenvalue weighted by Crippen LogP contribution is -2.31. The number of aromatic amines is 1. The molecule has 0 radical (unpaired) electrons. The van der Waals surface area contributed by atoms with Gasteiger partial charge < -0.3 is 14.3 Å². The summed E-state index contributed by atoms with van der Waals surface area (Å²) in [5.74, 6) is 2.15. The second-order valence-corrected chi connectivity index (χ2v) is 7.90. The molecule has 0 bridgehead atoms. The molecule has 146 valence electrons. The molecule has 2 aromatic heterocycles. The van der Waals surface area contributed by atoms with Gasteiger partial charge in [-0.2, -0.15) is 0 Å². The van der Waals surface area contributed by atoms with Crippen molar-refractivity contribution in [3.8, 4) is 0 Å². The number of aromatic nitrogens is 2. The molecule has 1 aromatic carbocycles. The zero-order valence-corrected chi connectivity index (χ0v) is 16.1. The number of piperidine rings is 1. The van der Waals surface area contributed by atoms with E-state index in [0.717, 1.165) is 61.6 Å². The van der Waals surface area contributed by atoms with Gasteiger partial charge in [0.15, 0.2) is 5.76 Å². The summed E-state index contributed by atoms with van der Waals surface area (Å²) in [4.78, 5) is 25.5. The van der Waals surface area contributed by atoms with Crippen LogP contribution in [0.4, 0.5) is 0 Å². The van der Waals surface area contributed by atoms with Gasteiger partial charge in [0.05, 0.1) is 23.6 Å². The van der Waals surface area contributed by atoms with Crippen LogP contribution in [0.15, 0.2) is 40.8 Å². The second-order valence-electron chi connectivity index (χ2n) is 7.90. The number of hydrogen-bond donors (Lipinski definition) is 1. The van der Waals surface area contributed by atoms with Crippen molar-refractivity contribution in [3.05, 3.63) is 53.7 Å². The summed E-state index contributed by atoms with van der Waals surface area (Å²) in [5.41, 5.74) is 1.96. The van der Waals surface area contributed by atoms with E-state index < -0.39 is 0 Å². The smallest absolute Gasteiger partial charge is 0.290 e. The number of likely N-dealkylation sites (tertiary alicyclic amines) is 2. The van der Waals surface area contributed by atoms with Gasteiger partial charge in [0, 0.05) is 6.54 Å². The number of hydrogen-bond acceptors (Lipinski definition) is 4. The number of amides is 1. The maximum absolute atomic E-state index is 13.1. The van der Waals surface area contributed by atoms with Crippen molar-refractivity contribution in [2.45, 2.75) is 44.7 Å². The molecule has 0 saturated carbocycles. The molecule has 2 fully saturated rings. The Balaban J connectivity index is 1.32. The lowest BCUT2D eigenvalue weighted by atomic mass is 10.1. The van der Waals surface area contributed by atoms with Gasteiger partial charge in [-0.05, 0) is 63.0 Å². The summed E-state index contributed by atoms with van der Waals surface area (Å²) in [6.07, 6.45) is 5.72. The van der Waals surface area contributed by atoms with Crippen molar-refractivity contribution in [1.29, 1.82) is 0 Å². The van der Waals surface area contributed by atoms with Crippen LogP contribution >= 0.6 is 0 Å². The molecule has 1 amide bonds. The first kappa shape index (κ1) is 17.5. The highest BCUT2D eigenvalue weighted by molar-refractivity contribution is 5.92. The lowest BCUT2D eigenvalue weighted by Gasteiger charge is -2.25. The van der Waals surface area contributed by atoms with E-state index in [2.05, 4.69) is 9.88 Å². The number of carbonyl (C=O) groups excluding carboxylic acids is 1. The predicted octanol–water partition coefficient (Wildman–Crippen LogP) is 4.12. The van der Waals surface area contributed by atoms with E-state index in [9.17, 15) is 4.79 Å². The summed E-state index contributed by atoms with van der Waals surface area (Å²) in [6.45, 7) is 3.76. The minimum atomic E-state index is -0.0344. The number of H-pyrrole nitrogens is 1. The average molecular weight is 378 g/mol. The number of nitrogens with zero attached hydrogens (tertiary/aromatic N) is 3. The van der Waals surface area contributed by atoms with Gasteiger partial charge in [-0.25, -0.2) is 4.98 Å². The van der Waals surface area contributed by atoms with Crippen molar-refractivity contribution < 1.29 is 9.21 Å². The number of nitrogens with one attached hydrogen (secondary N) is 1. The highest BCUT2D eigenvalue weighted by Crippen LogP contribution is 2.33. The van der Waals surface area contributed by atoms with Gasteiger partial charge in [0.2, 0.25) is 0 Å². The van der Waals surface area contributed by atoms with Crippen LogP contribution in [0.3, 0.4) is 0 Å². The van der Waals surface area contributed by atoms with Gasteiger partial charge in [0.1, 0.15) is 11.6 Å². The normalized spacial score (nSPS) is 20.9. The first-order chi connectivity index (χ1) is 13.8. The summed E-state index contributed by atoms with van der Waals surface area (Å²) in [5, 5.41) is 0. The molecule has 1 atom stereocenters. The first-order valence-corrected chi connectivity index (χ1v) is 10.3. The predicted molar refractivity (Wildman–Crippen MR) is 107 cm³/mol. The third-order valence-electron chi connectivity index (χ3n) is 5.94. The van der Waals surface area contributed by atoms with Crippen LogP contribution in [-0.4, -0.2) is 45.3 Å². The molecule has 28 heavy (non-hydrogen) atoms. The second kappa shape index (κ2) is 7.43. The molecule has 0 aliphatic carbocycles. The molecule has 5 rings (SSSR count). The monoisotopic (exact) mass is 378 g/mol. The number of furan rings is 1. The Morgan fingerprint density at radius 3 is 2.79 bits per heavy atom. The Bertz CT molecular complexity index is 937. The molecule has 2 aliphatic rings. The van der Waals surface area contributed by atoms with Crippen molar-refractivity contribution in [3.63, 3.8) is 0 Å². The number of para-hydroxylation sites is 2. The van der Waals surface area contributed by atoms with E-state index >= 15 is 0 Å². The number of fused-ring (bicyclic) bond motifs is 1. The zero-order chi connectivity index (χ0) is 18.9. The topological polar surface area (TPSA) is 65.4 Å². The summed E-state index contributed by atoms with van der Waals surface area (Å²) in [7, 11) is 0. The zero-order valence-electron chi connectivity index (χ0n) is 16.1. The Morgan fingerprint density at radius 2 is 1.93 bits per heavy atom. The minimum Gasteiger partial charge on any atom is -0.455 e. The largest absolute Gasteiger partial charge is 0.455 e. The highest BCUT2D eigenvalue weighted by atomic mass is 16.4. The molecule has 1 N–H and O–H groups in total. The molecular weight excluding hydrogens is 352 g/mol. The van der Waals surface area contributed by atoms with Crippen molar-refractivity contribution >= 4 is 16.9 Å². The first-order valence-electron chi connectivity index (χ1n) is 10.3. The molecule has 4 heterocycles. The maximum atomic E-state index is 13.1. The summed E-state index contributed by atoms with van der Waals surface area (Å²) in [6, 6.07) is 11.8. The number of benzene rings is 1. The molecular formula is C22H26N4O2. The fourth-order valence-corrected chi connectivity index (χ4v) is 4.48. The van der Waals surface area contributed by atoms with E-state index in [4.69, 9.17) is 9.40 Å². The fraction of sp³-hybridized carbons (Fsp3) is 0.455. The fourth-order valence-electron chi connectivity index (χ4n) is 4.48. The van der Waals surface area contributed by atoms with Crippen LogP contribution in [0.1, 0.15) is 60.3 Å². The Hall–Kier alpha value is -2.60. The molecule has 1 unspecified atom stereocenters. The van der Waals surface area contributed by atoms with Gasteiger partial charge in [-0.1, -0.05) is 18.6 Å². The molecule has 3 aromatic rings. The van der Waals surface area contributed by atoms with Crippen molar-refractivity contribution in [2.75, 3.05) is 19.6 Å². The molecule has 2 saturated heterocycles. The van der Waals surface area contributed by atoms with Crippen molar-refractivity contribution in [2.24, 2.45) is 0 Å².